The normalized spacial score (nSPS) is 16.9. The van der Waals surface area contributed by atoms with Crippen LogP contribution in [0.1, 0.15) is 129 Å². The summed E-state index contributed by atoms with van der Waals surface area (Å²) >= 11 is 0. The number of ketones is 1. The van der Waals surface area contributed by atoms with Gasteiger partial charge in [0, 0.05) is 50.0 Å². The van der Waals surface area contributed by atoms with Crippen LogP contribution in [0.2, 0.25) is 0 Å². The summed E-state index contributed by atoms with van der Waals surface area (Å²) in [5.41, 5.74) is 0.949. The third kappa shape index (κ3) is 13.9. The minimum absolute atomic E-state index is 0.000398. The van der Waals surface area contributed by atoms with Crippen molar-refractivity contribution in [2.24, 2.45) is 5.41 Å². The Morgan fingerprint density at radius 3 is 2.22 bits per heavy atom. The second kappa shape index (κ2) is 25.1. The lowest BCUT2D eigenvalue weighted by atomic mass is 9.84. The molecule has 2 saturated heterocycles. The minimum Gasteiger partial charge on any atom is -0.493 e. The summed E-state index contributed by atoms with van der Waals surface area (Å²) < 4.78 is 22.7. The van der Waals surface area contributed by atoms with Gasteiger partial charge in [-0.1, -0.05) is 45.0 Å². The van der Waals surface area contributed by atoms with Crippen LogP contribution >= 0.6 is 0 Å². The number of carbonyl (C=O) groups is 10. The molecule has 0 bridgehead atoms. The Bertz CT molecular complexity index is 2610. The van der Waals surface area contributed by atoms with E-state index >= 15 is 0 Å². The summed E-state index contributed by atoms with van der Waals surface area (Å²) in [6, 6.07) is 14.6. The van der Waals surface area contributed by atoms with Crippen LogP contribution in [0.4, 0.5) is 5.69 Å². The van der Waals surface area contributed by atoms with Gasteiger partial charge in [-0.15, -0.1) is 0 Å². The predicted octanol–water partition coefficient (Wildman–Crippen LogP) is 4.52. The van der Waals surface area contributed by atoms with E-state index in [1.54, 1.807) is 51.3 Å². The summed E-state index contributed by atoms with van der Waals surface area (Å²) in [6.45, 7) is 5.60. The second-order valence-corrected chi connectivity index (χ2v) is 18.7. The number of anilines is 1. The highest BCUT2D eigenvalue weighted by molar-refractivity contribution is 6.38. The molecule has 0 saturated carbocycles. The molecule has 3 aromatic carbocycles. The molecule has 73 heavy (non-hydrogen) atoms. The van der Waals surface area contributed by atoms with Crippen LogP contribution in [0, 0.1) is 5.41 Å². The number of rotatable bonds is 24. The van der Waals surface area contributed by atoms with Gasteiger partial charge in [0.1, 0.15) is 23.9 Å². The van der Waals surface area contributed by atoms with E-state index in [9.17, 15) is 47.9 Å². The summed E-state index contributed by atoms with van der Waals surface area (Å²) in [7, 11) is 3.08. The van der Waals surface area contributed by atoms with Crippen LogP contribution in [-0.2, 0) is 49.5 Å². The number of Topliss-reactive ketones (excluding diaryl/α,β-unsaturated/α-hetero) is 1. The van der Waals surface area contributed by atoms with Crippen LogP contribution in [0.15, 0.2) is 60.7 Å². The van der Waals surface area contributed by atoms with Gasteiger partial charge in [-0.05, 0) is 105 Å². The highest BCUT2D eigenvalue weighted by Gasteiger charge is 2.46. The van der Waals surface area contributed by atoms with E-state index in [-0.39, 0.29) is 68.1 Å². The monoisotopic (exact) mass is 1010 g/mol. The Hall–Kier alpha value is -7.64. The maximum Gasteiger partial charge on any atom is 0.329 e. The topological polar surface area (TPSA) is 262 Å². The van der Waals surface area contributed by atoms with Crippen LogP contribution in [0.5, 0.6) is 17.2 Å². The summed E-state index contributed by atoms with van der Waals surface area (Å²) in [5.74, 6) is -4.72. The Labute approximate surface area is 423 Å². The zero-order valence-electron chi connectivity index (χ0n) is 41.9. The maximum atomic E-state index is 14.0. The van der Waals surface area contributed by atoms with Crippen molar-refractivity contribution in [3.05, 3.63) is 82.9 Å². The van der Waals surface area contributed by atoms with Gasteiger partial charge in [0.2, 0.25) is 29.4 Å². The van der Waals surface area contributed by atoms with Crippen LogP contribution in [-0.4, -0.2) is 121 Å². The molecule has 3 heterocycles. The molecule has 0 aromatic heterocycles. The Morgan fingerprint density at radius 2 is 1.51 bits per heavy atom. The number of ether oxygens (including phenoxy) is 4. The SMILES string of the molecule is CCC(C)(C)C(=O)C(=O)N1CCCC[C@H]1C(=O)OC(CCc1ccc(OC)c(OC)c1)c1cccc(NC(=O)CCC(=O)NCCCCNC(=O)COc2cccc3c2C(=O)N(C2CCC(=O)NC2=O)C3=O)c1. The predicted molar refractivity (Wildman–Crippen MR) is 263 cm³/mol. The minimum atomic E-state index is -1.14. The summed E-state index contributed by atoms with van der Waals surface area (Å²) in [4.78, 5) is 132. The molecular weight excluding hydrogens is 945 g/mol. The van der Waals surface area contributed by atoms with Gasteiger partial charge in [-0.2, -0.15) is 0 Å². The number of benzene rings is 3. The van der Waals surface area contributed by atoms with Crippen molar-refractivity contribution in [3.63, 3.8) is 0 Å². The first-order valence-electron chi connectivity index (χ1n) is 24.6. The molecular formula is C53H64N6O14. The zero-order valence-corrected chi connectivity index (χ0v) is 41.9. The van der Waals surface area contributed by atoms with Crippen molar-refractivity contribution in [3.8, 4) is 17.2 Å². The molecule has 8 amide bonds. The number of hydrogen-bond acceptors (Lipinski definition) is 14. The Balaban J connectivity index is 0.958. The second-order valence-electron chi connectivity index (χ2n) is 18.7. The number of hydrogen-bond donors (Lipinski definition) is 4. The number of fused-ring (bicyclic) bond motifs is 1. The first-order valence-corrected chi connectivity index (χ1v) is 24.6. The number of amides is 8. The van der Waals surface area contributed by atoms with E-state index in [0.717, 1.165) is 10.5 Å². The fourth-order valence-electron chi connectivity index (χ4n) is 8.71. The molecule has 0 radical (unpaired) electrons. The molecule has 3 aliphatic heterocycles. The van der Waals surface area contributed by atoms with Crippen LogP contribution < -0.4 is 35.5 Å². The molecule has 0 spiro atoms. The maximum absolute atomic E-state index is 14.0. The first kappa shape index (κ1) is 54.7. The number of likely N-dealkylation sites (tertiary alicyclic amines) is 1. The molecule has 390 valence electrons. The molecule has 20 heteroatoms. The largest absolute Gasteiger partial charge is 0.493 e. The van der Waals surface area contributed by atoms with E-state index in [1.807, 2.05) is 19.1 Å². The Morgan fingerprint density at radius 1 is 0.795 bits per heavy atom. The lowest BCUT2D eigenvalue weighted by Crippen LogP contribution is -2.54. The van der Waals surface area contributed by atoms with E-state index < -0.39 is 83.3 Å². The van der Waals surface area contributed by atoms with E-state index in [0.29, 0.717) is 74.1 Å². The lowest BCUT2D eigenvalue weighted by Gasteiger charge is -2.36. The highest BCUT2D eigenvalue weighted by atomic mass is 16.5. The summed E-state index contributed by atoms with van der Waals surface area (Å²) in [6.07, 6.45) is 2.85. The van der Waals surface area contributed by atoms with Crippen LogP contribution in [0.3, 0.4) is 0 Å². The smallest absolute Gasteiger partial charge is 0.329 e. The third-order valence-corrected chi connectivity index (χ3v) is 13.3. The molecule has 4 N–H and O–H groups in total. The molecule has 20 nitrogen and oxygen atoms in total. The molecule has 2 unspecified atom stereocenters. The van der Waals surface area contributed by atoms with Gasteiger partial charge >= 0.3 is 5.97 Å². The van der Waals surface area contributed by atoms with Gasteiger partial charge in [-0.25, -0.2) is 4.79 Å². The quantitative estimate of drug-likeness (QED) is 0.0417. The number of methoxy groups -OCH3 is 2. The van der Waals surface area contributed by atoms with Crippen molar-refractivity contribution in [2.75, 3.05) is 45.8 Å². The summed E-state index contributed by atoms with van der Waals surface area (Å²) in [5, 5.41) is 10.4. The van der Waals surface area contributed by atoms with Gasteiger partial charge in [0.25, 0.3) is 23.6 Å². The van der Waals surface area contributed by atoms with Gasteiger partial charge < -0.3 is 39.8 Å². The number of aryl methyl sites for hydroxylation is 1. The Kier molecular flexibility index (Phi) is 18.8. The molecule has 6 rings (SSSR count). The zero-order chi connectivity index (χ0) is 52.8. The number of nitrogens with one attached hydrogen (secondary N) is 4. The third-order valence-electron chi connectivity index (χ3n) is 13.3. The van der Waals surface area contributed by atoms with Crippen LogP contribution in [0.25, 0.3) is 0 Å². The molecule has 3 aliphatic rings. The van der Waals surface area contributed by atoms with Gasteiger partial charge in [0.05, 0.1) is 25.3 Å². The first-order chi connectivity index (χ1) is 35.0. The fourth-order valence-corrected chi connectivity index (χ4v) is 8.71. The van der Waals surface area contributed by atoms with E-state index in [2.05, 4.69) is 21.3 Å². The number of piperidine rings is 2. The molecule has 3 atom stereocenters. The standard InChI is InChI=1S/C53H64N6O14/c1-6-53(2,3)47(64)51(68)58-28-10-7-16-37(58)52(69)73-38(21-18-32-19-22-39(70-4)41(29-32)71-5)33-13-11-14-34(30-33)56-43(61)25-24-42(60)54-26-8-9-27-55-45(63)31-72-40-17-12-15-35-46(40)50(67)59(49(35)66)36-20-23-44(62)57-48(36)65/h11-15,17,19,22,29-30,36-38H,6-10,16,18,20-21,23-28,31H2,1-5H3,(H,54,60)(H,55,63)(H,56,61)(H,57,62,65)/t36?,37-,38?/m0/s1. The lowest BCUT2D eigenvalue weighted by molar-refractivity contribution is -0.164. The molecule has 0 aliphatic carbocycles. The number of nitrogens with zero attached hydrogens (tertiary/aromatic N) is 2. The number of carbonyl (C=O) groups excluding carboxylic acids is 10. The van der Waals surface area contributed by atoms with Crippen molar-refractivity contribution in [2.45, 2.75) is 116 Å². The van der Waals surface area contributed by atoms with Crippen molar-refractivity contribution in [1.82, 2.24) is 25.8 Å². The van der Waals surface area contributed by atoms with E-state index in [4.69, 9.17) is 18.9 Å². The van der Waals surface area contributed by atoms with Gasteiger partial charge in [0.15, 0.2) is 18.1 Å². The average Bonchev–Trinajstić information content (AvgIpc) is 3.64. The molecule has 3 aromatic rings. The van der Waals surface area contributed by atoms with Crippen molar-refractivity contribution >= 4 is 64.7 Å². The average molecular weight is 1010 g/mol. The number of esters is 1. The molecule has 2 fully saturated rings. The number of imide groups is 2. The highest BCUT2D eigenvalue weighted by Crippen LogP contribution is 2.35. The fraction of sp³-hybridized carbons (Fsp3) is 0.472. The number of unbranched alkanes of at least 4 members (excludes halogenated alkanes) is 1. The van der Waals surface area contributed by atoms with Gasteiger partial charge in [-0.3, -0.25) is 53.4 Å². The van der Waals surface area contributed by atoms with Crippen molar-refractivity contribution < 1.29 is 66.9 Å². The van der Waals surface area contributed by atoms with E-state index in [1.165, 1.54) is 30.2 Å². The van der Waals surface area contributed by atoms with Crippen molar-refractivity contribution in [1.29, 1.82) is 0 Å².